The smallest absolute Gasteiger partial charge is 0.323 e. The molecule has 0 radical (unpaired) electrons. The van der Waals surface area contributed by atoms with Gasteiger partial charge in [-0.3, -0.25) is 9.59 Å². The first kappa shape index (κ1) is 36.4. The van der Waals surface area contributed by atoms with Crippen LogP contribution in [0.25, 0.3) is 0 Å². The number of carbonyl (C=O) groups is 3. The summed E-state index contributed by atoms with van der Waals surface area (Å²) in [6.45, 7) is 6.49. The number of amides is 4. The molecule has 3 N–H and O–H groups in total. The molecule has 4 rings (SSSR count). The Hall–Kier alpha value is -4.48. The highest BCUT2D eigenvalue weighted by Gasteiger charge is 2.31. The van der Waals surface area contributed by atoms with Gasteiger partial charge in [-0.25, -0.2) is 9.18 Å². The molecular formula is C37H47FN4O6. The van der Waals surface area contributed by atoms with Crippen LogP contribution < -0.4 is 15.4 Å². The van der Waals surface area contributed by atoms with Gasteiger partial charge in [0.05, 0.1) is 36.8 Å². The molecule has 4 atom stereocenters. The summed E-state index contributed by atoms with van der Waals surface area (Å²) in [6, 6.07) is 18.7. The topological polar surface area (TPSA) is 120 Å². The molecule has 0 aliphatic carbocycles. The monoisotopic (exact) mass is 662 g/mol. The van der Waals surface area contributed by atoms with Gasteiger partial charge < -0.3 is 35.0 Å². The maximum atomic E-state index is 14.3. The number of hydrogen-bond acceptors (Lipinski definition) is 6. The lowest BCUT2D eigenvalue weighted by molar-refractivity contribution is -0.131. The van der Waals surface area contributed by atoms with Gasteiger partial charge in [0.15, 0.2) is 0 Å². The molecule has 48 heavy (non-hydrogen) atoms. The number of hydrogen-bond donors (Lipinski definition) is 3. The van der Waals surface area contributed by atoms with Crippen LogP contribution in [0.2, 0.25) is 0 Å². The van der Waals surface area contributed by atoms with Crippen molar-refractivity contribution in [1.29, 1.82) is 0 Å². The zero-order valence-corrected chi connectivity index (χ0v) is 28.2. The molecule has 1 aliphatic rings. The number of aliphatic hydroxyl groups is 1. The number of aliphatic hydroxyl groups excluding tert-OH is 1. The molecule has 0 unspecified atom stereocenters. The van der Waals surface area contributed by atoms with Gasteiger partial charge >= 0.3 is 6.03 Å². The van der Waals surface area contributed by atoms with Crippen molar-refractivity contribution in [1.82, 2.24) is 9.80 Å². The normalized spacial score (nSPS) is 19.7. The number of ether oxygens (including phenoxy) is 2. The van der Waals surface area contributed by atoms with Crippen molar-refractivity contribution in [2.24, 2.45) is 5.92 Å². The number of anilines is 2. The van der Waals surface area contributed by atoms with Crippen molar-refractivity contribution >= 4 is 29.2 Å². The van der Waals surface area contributed by atoms with Crippen LogP contribution in [0.3, 0.4) is 0 Å². The second-order valence-electron chi connectivity index (χ2n) is 12.5. The van der Waals surface area contributed by atoms with Crippen LogP contribution in [0.1, 0.15) is 56.0 Å². The fourth-order valence-corrected chi connectivity index (χ4v) is 5.57. The molecule has 258 valence electrons. The van der Waals surface area contributed by atoms with Crippen LogP contribution >= 0.6 is 0 Å². The van der Waals surface area contributed by atoms with Crippen LogP contribution in [-0.2, 0) is 16.0 Å². The van der Waals surface area contributed by atoms with Crippen LogP contribution in [0.4, 0.5) is 20.6 Å². The molecule has 0 spiro atoms. The average Bonchev–Trinajstić information content (AvgIpc) is 3.07. The second-order valence-corrected chi connectivity index (χ2v) is 12.5. The lowest BCUT2D eigenvalue weighted by Crippen LogP contribution is -2.48. The fourth-order valence-electron chi connectivity index (χ4n) is 5.57. The molecule has 10 nitrogen and oxygen atoms in total. The highest BCUT2D eigenvalue weighted by Crippen LogP contribution is 2.29. The summed E-state index contributed by atoms with van der Waals surface area (Å²) >= 11 is 0. The van der Waals surface area contributed by atoms with E-state index in [1.807, 2.05) is 44.2 Å². The summed E-state index contributed by atoms with van der Waals surface area (Å²) in [5.74, 6) is -0.661. The first-order chi connectivity index (χ1) is 23.0. The summed E-state index contributed by atoms with van der Waals surface area (Å²) in [5.41, 5.74) is 1.92. The van der Waals surface area contributed by atoms with Gasteiger partial charge in [0.25, 0.3) is 5.91 Å². The van der Waals surface area contributed by atoms with Gasteiger partial charge in [-0.05, 0) is 81.1 Å². The molecule has 0 bridgehead atoms. The fraction of sp³-hybridized carbons (Fsp3) is 0.432. The minimum Gasteiger partial charge on any atom is -0.490 e. The van der Waals surface area contributed by atoms with Gasteiger partial charge in [-0.15, -0.1) is 0 Å². The van der Waals surface area contributed by atoms with Gasteiger partial charge in [-0.1, -0.05) is 37.3 Å². The Balaban J connectivity index is 1.57. The number of rotatable bonds is 8. The Morgan fingerprint density at radius 3 is 2.42 bits per heavy atom. The van der Waals surface area contributed by atoms with Crippen molar-refractivity contribution in [2.75, 3.05) is 44.0 Å². The Bertz CT molecular complexity index is 1510. The van der Waals surface area contributed by atoms with E-state index in [9.17, 15) is 23.9 Å². The third kappa shape index (κ3) is 10.5. The molecule has 3 aromatic carbocycles. The molecule has 1 aliphatic heterocycles. The largest absolute Gasteiger partial charge is 0.490 e. The standard InChI is InChI=1S/C37H47FN4O6/c1-25-22-42(26(2)24-43)36(45)32-21-31(40-37(46)39-30-15-13-29(38)14-16-30)17-18-33(32)48-27(3)10-8-9-19-47-34(25)23-41(4)35(44)20-28-11-6-5-7-12-28/h5-7,11-18,21,25-27,34,43H,8-10,19-20,22-24H2,1-4H3,(H2,39,40,46)/t25-,26-,27-,34+/m0/s1. The van der Waals surface area contributed by atoms with E-state index in [-0.39, 0.29) is 55.1 Å². The summed E-state index contributed by atoms with van der Waals surface area (Å²) in [7, 11) is 1.77. The molecule has 4 amide bonds. The zero-order chi connectivity index (χ0) is 34.6. The Morgan fingerprint density at radius 2 is 1.71 bits per heavy atom. The zero-order valence-electron chi connectivity index (χ0n) is 28.2. The first-order valence-corrected chi connectivity index (χ1v) is 16.5. The second kappa shape index (κ2) is 17.6. The SMILES string of the molecule is C[C@H]1CCCCO[C@H](CN(C)C(=O)Cc2ccccc2)[C@@H](C)CN([C@@H](C)CO)C(=O)c2cc(NC(=O)Nc3ccc(F)cc3)ccc2O1. The predicted octanol–water partition coefficient (Wildman–Crippen LogP) is 5.97. The van der Waals surface area contributed by atoms with Crippen molar-refractivity contribution in [3.63, 3.8) is 0 Å². The predicted molar refractivity (Wildman–Crippen MR) is 184 cm³/mol. The van der Waals surface area contributed by atoms with Crippen LogP contribution in [-0.4, -0.2) is 84.4 Å². The van der Waals surface area contributed by atoms with Crippen molar-refractivity contribution in [3.05, 3.63) is 89.7 Å². The Kier molecular flexibility index (Phi) is 13.3. The maximum Gasteiger partial charge on any atom is 0.323 e. The van der Waals surface area contributed by atoms with E-state index in [0.717, 1.165) is 24.8 Å². The number of likely N-dealkylation sites (N-methyl/N-ethyl adjacent to an activating group) is 1. The molecule has 3 aromatic rings. The molecule has 0 saturated carbocycles. The number of fused-ring (bicyclic) bond motifs is 1. The minimum atomic E-state index is -0.565. The number of nitrogens with zero attached hydrogens (tertiary/aromatic N) is 2. The summed E-state index contributed by atoms with van der Waals surface area (Å²) in [6.07, 6.45) is 2.06. The Morgan fingerprint density at radius 1 is 1.02 bits per heavy atom. The van der Waals surface area contributed by atoms with E-state index < -0.39 is 17.9 Å². The molecule has 0 saturated heterocycles. The van der Waals surface area contributed by atoms with E-state index in [0.29, 0.717) is 30.3 Å². The molecule has 1 heterocycles. The highest BCUT2D eigenvalue weighted by molar-refractivity contribution is 6.02. The number of halogens is 1. The number of nitrogens with one attached hydrogen (secondary N) is 2. The van der Waals surface area contributed by atoms with Gasteiger partial charge in [0.2, 0.25) is 5.91 Å². The van der Waals surface area contributed by atoms with E-state index in [4.69, 9.17) is 9.47 Å². The van der Waals surface area contributed by atoms with Crippen LogP contribution in [0.15, 0.2) is 72.8 Å². The first-order valence-electron chi connectivity index (χ1n) is 16.5. The van der Waals surface area contributed by atoms with Crippen molar-refractivity contribution in [2.45, 2.75) is 64.7 Å². The Labute approximate surface area is 282 Å². The van der Waals surface area contributed by atoms with Crippen LogP contribution in [0, 0.1) is 11.7 Å². The minimum absolute atomic E-state index is 0.0311. The van der Waals surface area contributed by atoms with Gasteiger partial charge in [0, 0.05) is 44.0 Å². The molecule has 0 fully saturated rings. The van der Waals surface area contributed by atoms with Gasteiger partial charge in [0.1, 0.15) is 11.6 Å². The van der Waals surface area contributed by atoms with Crippen molar-refractivity contribution < 1.29 is 33.4 Å². The molecular weight excluding hydrogens is 615 g/mol. The quantitative estimate of drug-likeness (QED) is 0.274. The van der Waals surface area contributed by atoms with Gasteiger partial charge in [-0.2, -0.15) is 0 Å². The average molecular weight is 663 g/mol. The number of urea groups is 1. The maximum absolute atomic E-state index is 14.3. The molecule has 11 heteroatoms. The summed E-state index contributed by atoms with van der Waals surface area (Å²) in [4.78, 5) is 43.5. The lowest BCUT2D eigenvalue weighted by Gasteiger charge is -2.36. The third-order valence-corrected chi connectivity index (χ3v) is 8.49. The van der Waals surface area contributed by atoms with E-state index in [1.54, 1.807) is 42.0 Å². The summed E-state index contributed by atoms with van der Waals surface area (Å²) < 4.78 is 25.9. The lowest BCUT2D eigenvalue weighted by atomic mass is 10.0. The van der Waals surface area contributed by atoms with E-state index in [2.05, 4.69) is 10.6 Å². The van der Waals surface area contributed by atoms with Crippen molar-refractivity contribution in [3.8, 4) is 5.75 Å². The van der Waals surface area contributed by atoms with E-state index in [1.165, 1.54) is 24.3 Å². The number of carbonyl (C=O) groups excluding carboxylic acids is 3. The van der Waals surface area contributed by atoms with Crippen LogP contribution in [0.5, 0.6) is 5.75 Å². The molecule has 0 aromatic heterocycles. The number of benzene rings is 3. The van der Waals surface area contributed by atoms with E-state index >= 15 is 0 Å². The highest BCUT2D eigenvalue weighted by atomic mass is 19.1. The summed E-state index contributed by atoms with van der Waals surface area (Å²) in [5, 5.41) is 15.6. The third-order valence-electron chi connectivity index (χ3n) is 8.49.